The summed E-state index contributed by atoms with van der Waals surface area (Å²) >= 11 is 0. The third kappa shape index (κ3) is 4.41. The first-order chi connectivity index (χ1) is 10.1. The Hall–Kier alpha value is -2.17. The zero-order chi connectivity index (χ0) is 15.2. The van der Waals surface area contributed by atoms with E-state index < -0.39 is 0 Å². The molecule has 1 N–H and O–H groups in total. The zero-order valence-corrected chi connectivity index (χ0v) is 12.7. The highest BCUT2D eigenvalue weighted by Crippen LogP contribution is 2.17. The topological polar surface area (TPSA) is 41.0 Å². The van der Waals surface area contributed by atoms with Crippen LogP contribution in [0.3, 0.4) is 0 Å². The van der Waals surface area contributed by atoms with E-state index in [-0.39, 0.29) is 5.82 Å². The normalized spacial score (nSPS) is 10.5. The lowest BCUT2D eigenvalue weighted by Gasteiger charge is -2.19. The van der Waals surface area contributed by atoms with E-state index in [2.05, 4.69) is 22.2 Å². The molecule has 0 aliphatic carbocycles. The summed E-state index contributed by atoms with van der Waals surface area (Å²) in [6, 6.07) is 8.46. The van der Waals surface area contributed by atoms with Crippen LogP contribution in [-0.4, -0.2) is 23.6 Å². The lowest BCUT2D eigenvalue weighted by Crippen LogP contribution is -2.19. The van der Waals surface area contributed by atoms with Crippen LogP contribution in [0.2, 0.25) is 0 Å². The van der Waals surface area contributed by atoms with Gasteiger partial charge in [-0.05, 0) is 31.0 Å². The second-order valence-corrected chi connectivity index (χ2v) is 5.07. The highest BCUT2D eigenvalue weighted by Gasteiger charge is 2.07. The molecule has 0 fully saturated rings. The Morgan fingerprint density at radius 3 is 2.57 bits per heavy atom. The second-order valence-electron chi connectivity index (χ2n) is 5.07. The predicted molar refractivity (Wildman–Crippen MR) is 84.1 cm³/mol. The SMILES string of the molecule is CCCNc1cc(N(C)Cc2ccc(F)cc2)nc(C)n1. The average molecular weight is 288 g/mol. The molecule has 0 spiro atoms. The molecule has 0 aliphatic rings. The number of anilines is 2. The molecular formula is C16H21FN4. The number of hydrogen-bond donors (Lipinski definition) is 1. The number of hydrogen-bond acceptors (Lipinski definition) is 4. The number of halogens is 1. The molecule has 21 heavy (non-hydrogen) atoms. The van der Waals surface area contributed by atoms with E-state index in [9.17, 15) is 4.39 Å². The number of rotatable bonds is 6. The summed E-state index contributed by atoms with van der Waals surface area (Å²) in [7, 11) is 1.97. The predicted octanol–water partition coefficient (Wildman–Crippen LogP) is 3.38. The van der Waals surface area contributed by atoms with Gasteiger partial charge in [-0.15, -0.1) is 0 Å². The van der Waals surface area contributed by atoms with Crippen LogP contribution in [0.25, 0.3) is 0 Å². The molecule has 0 unspecified atom stereocenters. The molecule has 0 aliphatic heterocycles. The van der Waals surface area contributed by atoms with Gasteiger partial charge in [0.1, 0.15) is 23.3 Å². The first kappa shape index (κ1) is 15.2. The van der Waals surface area contributed by atoms with Crippen LogP contribution in [0.15, 0.2) is 30.3 Å². The molecule has 0 saturated heterocycles. The highest BCUT2D eigenvalue weighted by molar-refractivity contribution is 5.49. The van der Waals surface area contributed by atoms with Crippen LogP contribution in [0.1, 0.15) is 24.7 Å². The first-order valence-electron chi connectivity index (χ1n) is 7.13. The van der Waals surface area contributed by atoms with Crippen molar-refractivity contribution < 1.29 is 4.39 Å². The van der Waals surface area contributed by atoms with Gasteiger partial charge in [0.15, 0.2) is 0 Å². The molecule has 112 valence electrons. The van der Waals surface area contributed by atoms with E-state index in [0.717, 1.165) is 36.0 Å². The highest BCUT2D eigenvalue weighted by atomic mass is 19.1. The maximum absolute atomic E-state index is 12.9. The summed E-state index contributed by atoms with van der Waals surface area (Å²) < 4.78 is 12.9. The van der Waals surface area contributed by atoms with Crippen molar-refractivity contribution in [3.05, 3.63) is 47.5 Å². The Morgan fingerprint density at radius 1 is 1.19 bits per heavy atom. The molecule has 4 nitrogen and oxygen atoms in total. The Labute approximate surface area is 125 Å². The minimum atomic E-state index is -0.217. The van der Waals surface area contributed by atoms with Crippen molar-refractivity contribution in [3.63, 3.8) is 0 Å². The first-order valence-corrected chi connectivity index (χ1v) is 7.13. The molecule has 0 bridgehead atoms. The monoisotopic (exact) mass is 288 g/mol. The number of aromatic nitrogens is 2. The van der Waals surface area contributed by atoms with Gasteiger partial charge in [0, 0.05) is 26.2 Å². The summed E-state index contributed by atoms with van der Waals surface area (Å²) in [6.45, 7) is 5.55. The molecule has 0 amide bonds. The molecule has 1 heterocycles. The fourth-order valence-electron chi connectivity index (χ4n) is 2.04. The minimum absolute atomic E-state index is 0.217. The van der Waals surface area contributed by atoms with Gasteiger partial charge in [0.25, 0.3) is 0 Å². The van der Waals surface area contributed by atoms with Crippen molar-refractivity contribution in [3.8, 4) is 0 Å². The quantitative estimate of drug-likeness (QED) is 0.884. The van der Waals surface area contributed by atoms with Crippen molar-refractivity contribution in [2.45, 2.75) is 26.8 Å². The molecule has 1 aromatic carbocycles. The molecular weight excluding hydrogens is 267 g/mol. The van der Waals surface area contributed by atoms with Gasteiger partial charge in [0.05, 0.1) is 0 Å². The van der Waals surface area contributed by atoms with Crippen LogP contribution < -0.4 is 10.2 Å². The Kier molecular flexibility index (Phi) is 5.09. The lowest BCUT2D eigenvalue weighted by molar-refractivity contribution is 0.627. The lowest BCUT2D eigenvalue weighted by atomic mass is 10.2. The Morgan fingerprint density at radius 2 is 1.90 bits per heavy atom. The van der Waals surface area contributed by atoms with Crippen molar-refractivity contribution in [1.29, 1.82) is 0 Å². The molecule has 2 rings (SSSR count). The van der Waals surface area contributed by atoms with Gasteiger partial charge >= 0.3 is 0 Å². The maximum Gasteiger partial charge on any atom is 0.134 e. The maximum atomic E-state index is 12.9. The second kappa shape index (κ2) is 7.02. The standard InChI is InChI=1S/C16H21FN4/c1-4-9-18-15-10-16(20-12(2)19-15)21(3)11-13-5-7-14(17)8-6-13/h5-8,10H,4,9,11H2,1-3H3,(H,18,19,20). The van der Waals surface area contributed by atoms with Crippen molar-refractivity contribution in [2.24, 2.45) is 0 Å². The third-order valence-electron chi connectivity index (χ3n) is 3.10. The summed E-state index contributed by atoms with van der Waals surface area (Å²) in [5, 5.41) is 3.27. The summed E-state index contributed by atoms with van der Waals surface area (Å²) in [4.78, 5) is 10.9. The van der Waals surface area contributed by atoms with E-state index in [4.69, 9.17) is 0 Å². The molecule has 5 heteroatoms. The van der Waals surface area contributed by atoms with E-state index in [1.807, 2.05) is 24.9 Å². The Balaban J connectivity index is 2.12. The van der Waals surface area contributed by atoms with Gasteiger partial charge in [-0.25, -0.2) is 14.4 Å². The number of nitrogens with zero attached hydrogens (tertiary/aromatic N) is 3. The number of nitrogens with one attached hydrogen (secondary N) is 1. The summed E-state index contributed by atoms with van der Waals surface area (Å²) in [5.74, 6) is 2.21. The number of benzene rings is 1. The minimum Gasteiger partial charge on any atom is -0.370 e. The molecule has 0 atom stereocenters. The number of aryl methyl sites for hydroxylation is 1. The molecule has 0 radical (unpaired) electrons. The third-order valence-corrected chi connectivity index (χ3v) is 3.10. The van der Waals surface area contributed by atoms with Gasteiger partial charge < -0.3 is 10.2 Å². The molecule has 0 saturated carbocycles. The van der Waals surface area contributed by atoms with Crippen molar-refractivity contribution in [1.82, 2.24) is 9.97 Å². The zero-order valence-electron chi connectivity index (χ0n) is 12.7. The van der Waals surface area contributed by atoms with Crippen LogP contribution >= 0.6 is 0 Å². The Bertz CT molecular complexity index is 583. The van der Waals surface area contributed by atoms with E-state index >= 15 is 0 Å². The summed E-state index contributed by atoms with van der Waals surface area (Å²) in [6.07, 6.45) is 1.05. The van der Waals surface area contributed by atoms with Gasteiger partial charge in [0.2, 0.25) is 0 Å². The van der Waals surface area contributed by atoms with Crippen LogP contribution in [0.4, 0.5) is 16.0 Å². The van der Waals surface area contributed by atoms with Crippen LogP contribution in [0.5, 0.6) is 0 Å². The van der Waals surface area contributed by atoms with Gasteiger partial charge in [-0.1, -0.05) is 19.1 Å². The van der Waals surface area contributed by atoms with Crippen LogP contribution in [0, 0.1) is 12.7 Å². The van der Waals surface area contributed by atoms with Gasteiger partial charge in [-0.3, -0.25) is 0 Å². The smallest absolute Gasteiger partial charge is 0.134 e. The molecule has 2 aromatic rings. The van der Waals surface area contributed by atoms with E-state index in [1.165, 1.54) is 12.1 Å². The fraction of sp³-hybridized carbons (Fsp3) is 0.375. The van der Waals surface area contributed by atoms with E-state index in [0.29, 0.717) is 6.54 Å². The average Bonchev–Trinajstić information content (AvgIpc) is 2.47. The fourth-order valence-corrected chi connectivity index (χ4v) is 2.04. The van der Waals surface area contributed by atoms with E-state index in [1.54, 1.807) is 12.1 Å². The van der Waals surface area contributed by atoms with Crippen molar-refractivity contribution in [2.75, 3.05) is 23.8 Å². The van der Waals surface area contributed by atoms with Gasteiger partial charge in [-0.2, -0.15) is 0 Å². The van der Waals surface area contributed by atoms with Crippen molar-refractivity contribution >= 4 is 11.6 Å². The largest absolute Gasteiger partial charge is 0.370 e. The molecule has 1 aromatic heterocycles. The van der Waals surface area contributed by atoms with Crippen LogP contribution in [-0.2, 0) is 6.54 Å². The summed E-state index contributed by atoms with van der Waals surface area (Å²) in [5.41, 5.74) is 1.04.